The Morgan fingerprint density at radius 3 is 2.88 bits per heavy atom. The summed E-state index contributed by atoms with van der Waals surface area (Å²) < 4.78 is 1.33. The lowest BCUT2D eigenvalue weighted by atomic mass is 10.00. The van der Waals surface area contributed by atoms with Crippen LogP contribution in [-0.4, -0.2) is 32.9 Å². The second kappa shape index (κ2) is 7.11. The van der Waals surface area contributed by atoms with Gasteiger partial charge in [0.2, 0.25) is 5.91 Å². The summed E-state index contributed by atoms with van der Waals surface area (Å²) in [6, 6.07) is 3.35. The Bertz CT molecular complexity index is 834. The van der Waals surface area contributed by atoms with E-state index in [-0.39, 0.29) is 24.1 Å². The number of carbonyl (C=O) groups excluding carboxylic acids is 1. The molecule has 0 N–H and O–H groups in total. The summed E-state index contributed by atoms with van der Waals surface area (Å²) in [6.07, 6.45) is 5.50. The first-order chi connectivity index (χ1) is 11.5. The minimum atomic E-state index is -0.303. The minimum absolute atomic E-state index is 0.0115. The average molecular weight is 368 g/mol. The molecule has 128 valence electrons. The van der Waals surface area contributed by atoms with Gasteiger partial charge in [-0.05, 0) is 37.8 Å². The number of aromatic nitrogens is 2. The van der Waals surface area contributed by atoms with Crippen molar-refractivity contribution in [3.8, 4) is 0 Å². The second-order valence-corrected chi connectivity index (χ2v) is 6.95. The van der Waals surface area contributed by atoms with Crippen LogP contribution in [0.1, 0.15) is 32.6 Å². The van der Waals surface area contributed by atoms with Crippen LogP contribution in [0.2, 0.25) is 10.0 Å². The predicted octanol–water partition coefficient (Wildman–Crippen LogP) is 3.49. The van der Waals surface area contributed by atoms with Gasteiger partial charge in [0.1, 0.15) is 6.54 Å². The third-order valence-electron chi connectivity index (χ3n) is 4.57. The van der Waals surface area contributed by atoms with Crippen molar-refractivity contribution in [2.75, 3.05) is 6.54 Å². The normalized spacial score (nSPS) is 18.1. The minimum Gasteiger partial charge on any atom is -0.338 e. The highest BCUT2D eigenvalue weighted by Gasteiger charge is 2.25. The summed E-state index contributed by atoms with van der Waals surface area (Å²) in [4.78, 5) is 31.4. The zero-order chi connectivity index (χ0) is 17.3. The Balaban J connectivity index is 1.91. The molecule has 0 radical (unpaired) electrons. The van der Waals surface area contributed by atoms with Crippen molar-refractivity contribution in [1.82, 2.24) is 14.5 Å². The standard InChI is InChI=1S/C17H19Cl2N3O2/c1-2-12-5-3-4-6-22(12)15(23)9-21-10-20-16-13(17(21)24)7-11(18)8-14(16)19/h7-8,10,12H,2-6,9H2,1H3/t12-/m1/s1. The maximum absolute atomic E-state index is 12.6. The molecule has 1 amide bonds. The van der Waals surface area contributed by atoms with Gasteiger partial charge in [0, 0.05) is 17.6 Å². The fourth-order valence-electron chi connectivity index (χ4n) is 3.30. The second-order valence-electron chi connectivity index (χ2n) is 6.11. The summed E-state index contributed by atoms with van der Waals surface area (Å²) in [5.74, 6) is -0.0436. The van der Waals surface area contributed by atoms with E-state index >= 15 is 0 Å². The highest BCUT2D eigenvalue weighted by atomic mass is 35.5. The number of benzene rings is 1. The van der Waals surface area contributed by atoms with Gasteiger partial charge in [-0.25, -0.2) is 4.98 Å². The Kier molecular flexibility index (Phi) is 5.11. The zero-order valence-corrected chi connectivity index (χ0v) is 15.0. The van der Waals surface area contributed by atoms with Crippen LogP contribution < -0.4 is 5.56 Å². The molecule has 1 fully saturated rings. The third-order valence-corrected chi connectivity index (χ3v) is 5.08. The number of likely N-dealkylation sites (tertiary alicyclic amines) is 1. The van der Waals surface area contributed by atoms with Crippen LogP contribution in [-0.2, 0) is 11.3 Å². The fourth-order valence-corrected chi connectivity index (χ4v) is 3.84. The number of hydrogen-bond donors (Lipinski definition) is 0. The van der Waals surface area contributed by atoms with Gasteiger partial charge >= 0.3 is 0 Å². The van der Waals surface area contributed by atoms with Crippen LogP contribution in [0.3, 0.4) is 0 Å². The number of amides is 1. The summed E-state index contributed by atoms with van der Waals surface area (Å²) >= 11 is 12.1. The van der Waals surface area contributed by atoms with Crippen molar-refractivity contribution in [2.24, 2.45) is 0 Å². The van der Waals surface area contributed by atoms with Gasteiger partial charge in [-0.1, -0.05) is 30.1 Å². The van der Waals surface area contributed by atoms with Crippen molar-refractivity contribution in [3.63, 3.8) is 0 Å². The van der Waals surface area contributed by atoms with Crippen molar-refractivity contribution < 1.29 is 4.79 Å². The molecule has 7 heteroatoms. The molecule has 0 unspecified atom stereocenters. The van der Waals surface area contributed by atoms with Gasteiger partial charge in [-0.15, -0.1) is 0 Å². The largest absolute Gasteiger partial charge is 0.338 e. The molecule has 0 bridgehead atoms. The number of rotatable bonds is 3. The van der Waals surface area contributed by atoms with E-state index in [9.17, 15) is 9.59 Å². The van der Waals surface area contributed by atoms with E-state index < -0.39 is 0 Å². The Morgan fingerprint density at radius 2 is 2.12 bits per heavy atom. The van der Waals surface area contributed by atoms with Crippen molar-refractivity contribution in [2.45, 2.75) is 45.2 Å². The molecule has 1 aromatic carbocycles. The highest BCUT2D eigenvalue weighted by Crippen LogP contribution is 2.24. The smallest absolute Gasteiger partial charge is 0.261 e. The summed E-state index contributed by atoms with van der Waals surface area (Å²) in [7, 11) is 0. The molecule has 0 aliphatic carbocycles. The van der Waals surface area contributed by atoms with E-state index in [2.05, 4.69) is 11.9 Å². The van der Waals surface area contributed by atoms with Gasteiger partial charge in [0.25, 0.3) is 5.56 Å². The maximum Gasteiger partial charge on any atom is 0.261 e. The quantitative estimate of drug-likeness (QED) is 0.833. The van der Waals surface area contributed by atoms with Gasteiger partial charge in [-0.3, -0.25) is 14.2 Å². The summed E-state index contributed by atoms with van der Waals surface area (Å²) in [6.45, 7) is 2.83. The molecule has 1 aliphatic heterocycles. The van der Waals surface area contributed by atoms with Crippen LogP contribution in [0.4, 0.5) is 0 Å². The van der Waals surface area contributed by atoms with Gasteiger partial charge in [-0.2, -0.15) is 0 Å². The lowest BCUT2D eigenvalue weighted by Gasteiger charge is -2.35. The monoisotopic (exact) mass is 367 g/mol. The lowest BCUT2D eigenvalue weighted by Crippen LogP contribution is -2.45. The number of fused-ring (bicyclic) bond motifs is 1. The Labute approximate surface area is 150 Å². The first-order valence-electron chi connectivity index (χ1n) is 8.15. The van der Waals surface area contributed by atoms with Crippen molar-refractivity contribution >= 4 is 40.0 Å². The predicted molar refractivity (Wildman–Crippen MR) is 95.7 cm³/mol. The van der Waals surface area contributed by atoms with E-state index in [0.29, 0.717) is 20.9 Å². The SMILES string of the molecule is CC[C@@H]1CCCCN1C(=O)Cn1cnc2c(Cl)cc(Cl)cc2c1=O. The molecule has 0 spiro atoms. The number of halogens is 2. The number of piperidine rings is 1. The summed E-state index contributed by atoms with van der Waals surface area (Å²) in [5, 5.41) is 1.03. The molecule has 5 nitrogen and oxygen atoms in total. The number of carbonyl (C=O) groups is 1. The molecule has 2 heterocycles. The van der Waals surface area contributed by atoms with Crippen LogP contribution in [0.5, 0.6) is 0 Å². The lowest BCUT2D eigenvalue weighted by molar-refractivity contribution is -0.135. The van der Waals surface area contributed by atoms with E-state index in [1.165, 1.54) is 17.0 Å². The molecule has 24 heavy (non-hydrogen) atoms. The van der Waals surface area contributed by atoms with Gasteiger partial charge in [0.05, 0.1) is 22.3 Å². The topological polar surface area (TPSA) is 55.2 Å². The van der Waals surface area contributed by atoms with Crippen LogP contribution in [0.15, 0.2) is 23.3 Å². The highest BCUT2D eigenvalue weighted by molar-refractivity contribution is 6.38. The molecule has 1 aliphatic rings. The molecule has 1 saturated heterocycles. The van der Waals surface area contributed by atoms with E-state index in [0.717, 1.165) is 32.2 Å². The van der Waals surface area contributed by atoms with Crippen molar-refractivity contribution in [1.29, 1.82) is 0 Å². The third kappa shape index (κ3) is 3.28. The molecular weight excluding hydrogens is 349 g/mol. The fraction of sp³-hybridized carbons (Fsp3) is 0.471. The Hall–Kier alpha value is -1.59. The maximum atomic E-state index is 12.6. The van der Waals surface area contributed by atoms with Crippen LogP contribution in [0.25, 0.3) is 10.9 Å². The molecular formula is C17H19Cl2N3O2. The van der Waals surface area contributed by atoms with Gasteiger partial charge < -0.3 is 4.90 Å². The number of nitrogens with zero attached hydrogens (tertiary/aromatic N) is 3. The van der Waals surface area contributed by atoms with E-state index in [1.807, 2.05) is 4.90 Å². The molecule has 2 aromatic rings. The molecule has 3 rings (SSSR count). The summed E-state index contributed by atoms with van der Waals surface area (Å²) in [5.41, 5.74) is 0.0991. The average Bonchev–Trinajstić information content (AvgIpc) is 2.57. The first-order valence-corrected chi connectivity index (χ1v) is 8.90. The first kappa shape index (κ1) is 17.2. The molecule has 1 aromatic heterocycles. The van der Waals surface area contributed by atoms with Gasteiger partial charge in [0.15, 0.2) is 0 Å². The molecule has 0 saturated carbocycles. The van der Waals surface area contributed by atoms with Crippen LogP contribution >= 0.6 is 23.2 Å². The zero-order valence-electron chi connectivity index (χ0n) is 13.5. The van der Waals surface area contributed by atoms with E-state index in [4.69, 9.17) is 23.2 Å². The van der Waals surface area contributed by atoms with Crippen LogP contribution in [0, 0.1) is 0 Å². The molecule has 1 atom stereocenters. The number of hydrogen-bond acceptors (Lipinski definition) is 3. The Morgan fingerprint density at radius 1 is 1.33 bits per heavy atom. The van der Waals surface area contributed by atoms with E-state index in [1.54, 1.807) is 6.07 Å². The van der Waals surface area contributed by atoms with Crippen molar-refractivity contribution in [3.05, 3.63) is 38.9 Å².